The van der Waals surface area contributed by atoms with Crippen molar-refractivity contribution in [2.45, 2.75) is 19.3 Å². The molecule has 10 heavy (non-hydrogen) atoms. The van der Waals surface area contributed by atoms with E-state index in [1.807, 2.05) is 0 Å². The van der Waals surface area contributed by atoms with E-state index in [0.29, 0.717) is 5.92 Å². The molecule has 1 nitrogen and oxygen atoms in total. The van der Waals surface area contributed by atoms with Crippen molar-refractivity contribution >= 4 is 6.29 Å². The van der Waals surface area contributed by atoms with Gasteiger partial charge < -0.3 is 11.2 Å². The van der Waals surface area contributed by atoms with Crippen LogP contribution < -0.4 is 58.2 Å². The molecule has 1 aliphatic rings. The van der Waals surface area contributed by atoms with Gasteiger partial charge in [-0.05, 0) is 12.7 Å². The monoisotopic (exact) mass is 208 g/mol. The Labute approximate surface area is 111 Å². The van der Waals surface area contributed by atoms with Crippen molar-refractivity contribution in [3.05, 3.63) is 18.6 Å². The first-order valence-corrected chi connectivity index (χ1v) is 3.39. The van der Waals surface area contributed by atoms with E-state index in [1.165, 1.54) is 12.8 Å². The zero-order valence-corrected chi connectivity index (χ0v) is 11.3. The van der Waals surface area contributed by atoms with Crippen molar-refractivity contribution in [3.63, 3.8) is 0 Å². The van der Waals surface area contributed by atoms with Crippen molar-refractivity contribution < 1.29 is 63.0 Å². The molecule has 0 aromatic rings. The first-order chi connectivity index (χ1) is 4.43. The molecule has 1 atom stereocenters. The number of allylic oxidation sites excluding steroid dienone is 2. The summed E-state index contributed by atoms with van der Waals surface area (Å²) in [7, 11) is 0. The number of carbonyl (C=O) groups is 1. The molecule has 0 aromatic carbocycles. The van der Waals surface area contributed by atoms with Crippen LogP contribution >= 0.6 is 0 Å². The first kappa shape index (κ1) is 11.1. The zero-order chi connectivity index (χ0) is 6.53. The van der Waals surface area contributed by atoms with Gasteiger partial charge in [-0.2, -0.15) is 0 Å². The largest absolute Gasteiger partial charge is 1.00 e. The van der Waals surface area contributed by atoms with E-state index in [9.17, 15) is 4.79 Å². The van der Waals surface area contributed by atoms with Crippen LogP contribution in [0.15, 0.2) is 12.2 Å². The predicted molar refractivity (Wildman–Crippen MR) is 36.8 cm³/mol. The molecule has 1 aliphatic carbocycles. The summed E-state index contributed by atoms with van der Waals surface area (Å²) in [6, 6.07) is 0. The minimum absolute atomic E-state index is 0. The average Bonchev–Trinajstić information content (AvgIpc) is 1.91. The molecular weight excluding hydrogens is 198 g/mol. The van der Waals surface area contributed by atoms with Crippen LogP contribution in [0.4, 0.5) is 0 Å². The minimum atomic E-state index is 0. The maximum Gasteiger partial charge on any atom is 1.00 e. The molecule has 0 saturated carbocycles. The van der Waals surface area contributed by atoms with Gasteiger partial charge in [0.25, 0.3) is 0 Å². The molecule has 0 aliphatic heterocycles. The van der Waals surface area contributed by atoms with Crippen LogP contribution in [-0.2, 0) is 4.79 Å². The normalized spacial score (nSPS) is 23.0. The Kier molecular flexibility index (Phi) is 7.51. The van der Waals surface area contributed by atoms with Crippen LogP contribution in [0.1, 0.15) is 19.3 Å². The van der Waals surface area contributed by atoms with Gasteiger partial charge in [0.15, 0.2) is 0 Å². The Hall–Kier alpha value is 1.09. The summed E-state index contributed by atoms with van der Waals surface area (Å²) >= 11 is 0. The van der Waals surface area contributed by atoms with Gasteiger partial charge >= 0.3 is 58.2 Å². The number of aldehydes is 1. The topological polar surface area (TPSA) is 17.1 Å². The van der Waals surface area contributed by atoms with E-state index >= 15 is 0 Å². The van der Waals surface area contributed by atoms with Crippen LogP contribution in [-0.4, -0.2) is 6.29 Å². The molecule has 0 bridgehead atoms. The zero-order valence-electron chi connectivity index (χ0n) is 6.42. The molecule has 0 aromatic heterocycles. The molecule has 0 heterocycles. The molecule has 0 spiro atoms. The van der Waals surface area contributed by atoms with Crippen molar-refractivity contribution in [2.24, 2.45) is 5.92 Å². The second-order valence-corrected chi connectivity index (χ2v) is 2.35. The third-order valence-electron chi connectivity index (χ3n) is 1.62. The Balaban J connectivity index is 0.000000810. The fraction of sp³-hybridized carbons (Fsp3) is 0.500. The van der Waals surface area contributed by atoms with Gasteiger partial charge in [-0.1, -0.05) is 18.9 Å². The summed E-state index contributed by atoms with van der Waals surface area (Å²) in [5, 5.41) is 0. The van der Waals surface area contributed by atoms with Crippen LogP contribution in [0.5, 0.6) is 0 Å². The molecule has 0 fully saturated rings. The van der Waals surface area contributed by atoms with E-state index in [4.69, 9.17) is 0 Å². The molecule has 0 amide bonds. The molecule has 0 saturated heterocycles. The third kappa shape index (κ3) is 4.07. The Morgan fingerprint density at radius 2 is 2.40 bits per heavy atom. The molecular formula is C8H11ORb. The number of carbonyl (C=O) groups excluding carboxylic acids is 1. The maximum atomic E-state index is 9.98. The van der Waals surface area contributed by atoms with Crippen LogP contribution in [0, 0.1) is 12.3 Å². The maximum absolute atomic E-state index is 9.98. The van der Waals surface area contributed by atoms with Gasteiger partial charge in [0.2, 0.25) is 0 Å². The summed E-state index contributed by atoms with van der Waals surface area (Å²) in [6.07, 6.45) is 10.4. The Bertz CT molecular complexity index is 120. The summed E-state index contributed by atoms with van der Waals surface area (Å²) in [4.78, 5) is 9.98. The van der Waals surface area contributed by atoms with Gasteiger partial charge in [-0.15, -0.1) is 12.0 Å². The van der Waals surface area contributed by atoms with Gasteiger partial charge in [-0.25, -0.2) is 0 Å². The molecule has 50 valence electrons. The molecule has 1 unspecified atom stereocenters. The average molecular weight is 209 g/mol. The van der Waals surface area contributed by atoms with E-state index in [2.05, 4.69) is 12.2 Å². The van der Waals surface area contributed by atoms with E-state index in [1.54, 1.807) is 6.42 Å². The fourth-order valence-corrected chi connectivity index (χ4v) is 1.10. The number of hydrogen-bond acceptors (Lipinski definition) is 1. The third-order valence-corrected chi connectivity index (χ3v) is 1.62. The summed E-state index contributed by atoms with van der Waals surface area (Å²) in [6.45, 7) is 0. The number of hydrogen-bond donors (Lipinski definition) is 0. The minimum Gasteiger partial charge on any atom is -0.338 e. The first-order valence-electron chi connectivity index (χ1n) is 3.39. The SMILES string of the molecule is O=C[CH-]C1C=CCCC1.[Rb+]. The van der Waals surface area contributed by atoms with Crippen molar-refractivity contribution in [1.82, 2.24) is 0 Å². The molecule has 0 N–H and O–H groups in total. The van der Waals surface area contributed by atoms with Gasteiger partial charge in [-0.3, -0.25) is 0 Å². The summed E-state index contributed by atoms with van der Waals surface area (Å²) in [5.74, 6) is 0.427. The van der Waals surface area contributed by atoms with E-state index in [-0.39, 0.29) is 58.2 Å². The fourth-order valence-electron chi connectivity index (χ4n) is 1.10. The summed E-state index contributed by atoms with van der Waals surface area (Å²) < 4.78 is 0. The molecule has 0 radical (unpaired) electrons. The second kappa shape index (κ2) is 6.77. The van der Waals surface area contributed by atoms with Crippen LogP contribution in [0.3, 0.4) is 0 Å². The Morgan fingerprint density at radius 3 is 2.90 bits per heavy atom. The summed E-state index contributed by atoms with van der Waals surface area (Å²) in [5.41, 5.74) is 0. The van der Waals surface area contributed by atoms with E-state index < -0.39 is 0 Å². The van der Waals surface area contributed by atoms with Gasteiger partial charge in [0.05, 0.1) is 0 Å². The van der Waals surface area contributed by atoms with Crippen molar-refractivity contribution in [3.8, 4) is 0 Å². The predicted octanol–water partition coefficient (Wildman–Crippen LogP) is -1.25. The van der Waals surface area contributed by atoms with Crippen LogP contribution in [0.25, 0.3) is 0 Å². The van der Waals surface area contributed by atoms with Gasteiger partial charge in [0, 0.05) is 0 Å². The number of rotatable bonds is 2. The van der Waals surface area contributed by atoms with Crippen LogP contribution in [0.2, 0.25) is 0 Å². The quantitative estimate of drug-likeness (QED) is 0.315. The molecule has 1 rings (SSSR count). The molecule has 2 heteroatoms. The smallest absolute Gasteiger partial charge is 0.338 e. The Morgan fingerprint density at radius 1 is 1.60 bits per heavy atom. The van der Waals surface area contributed by atoms with E-state index in [0.717, 1.165) is 12.7 Å². The van der Waals surface area contributed by atoms with Gasteiger partial charge in [0.1, 0.15) is 0 Å². The van der Waals surface area contributed by atoms with Crippen molar-refractivity contribution in [1.29, 1.82) is 0 Å². The second-order valence-electron chi connectivity index (χ2n) is 2.35. The van der Waals surface area contributed by atoms with Crippen molar-refractivity contribution in [2.75, 3.05) is 0 Å². The standard InChI is InChI=1S/C8H11O.Rb/c9-7-6-8-4-2-1-3-5-8;/h2,4,6-8H,1,3,5H2;/q-1;+1.